The number of fused-ring (bicyclic) bond motifs is 1. The molecule has 1 aliphatic rings. The quantitative estimate of drug-likeness (QED) is 0.283. The summed E-state index contributed by atoms with van der Waals surface area (Å²) in [6.07, 6.45) is 5.33. The molecule has 2 heterocycles. The van der Waals surface area contributed by atoms with Gasteiger partial charge in [-0.05, 0) is 107 Å². The van der Waals surface area contributed by atoms with Crippen LogP contribution in [0.1, 0.15) is 69.8 Å². The third kappa shape index (κ3) is 7.41. The summed E-state index contributed by atoms with van der Waals surface area (Å²) in [4.78, 5) is 19.1. The van der Waals surface area contributed by atoms with Gasteiger partial charge < -0.3 is 18.9 Å². The van der Waals surface area contributed by atoms with Crippen LogP contribution in [0.5, 0.6) is 5.75 Å². The average Bonchev–Trinajstić information content (AvgIpc) is 3.17. The lowest BCUT2D eigenvalue weighted by Gasteiger charge is -2.33. The van der Waals surface area contributed by atoms with Crippen LogP contribution < -0.4 is 4.74 Å². The second-order valence-corrected chi connectivity index (χ2v) is 11.7. The van der Waals surface area contributed by atoms with E-state index in [2.05, 4.69) is 30.5 Å². The largest absolute Gasteiger partial charge is 0.486 e. The first-order valence-corrected chi connectivity index (χ1v) is 13.8. The van der Waals surface area contributed by atoms with Gasteiger partial charge >= 0.3 is 6.09 Å². The number of hydrogen-bond donors (Lipinski definition) is 0. The molecule has 0 bridgehead atoms. The van der Waals surface area contributed by atoms with Crippen LogP contribution in [0.3, 0.4) is 0 Å². The standard InChI is InChI=1S/C30H40ClN3O3/c1-21-18-26-27(19-22(21)2)34(28(32-26)20-36-25-11-9-24(31)10-12-25)15-7-6-8-23-13-16-33(17-14-23)29(35)37-30(3,4)5/h9-12,18-19,23H,6-8,13-17,20H2,1-5H3. The van der Waals surface area contributed by atoms with Crippen LogP contribution >= 0.6 is 11.6 Å². The van der Waals surface area contributed by atoms with Gasteiger partial charge in [0.1, 0.15) is 23.8 Å². The average molecular weight is 526 g/mol. The molecule has 1 fully saturated rings. The number of rotatable bonds is 8. The van der Waals surface area contributed by atoms with Crippen LogP contribution in [-0.2, 0) is 17.9 Å². The van der Waals surface area contributed by atoms with Crippen molar-refractivity contribution in [2.24, 2.45) is 5.92 Å². The van der Waals surface area contributed by atoms with Gasteiger partial charge in [0, 0.05) is 24.7 Å². The molecule has 1 amide bonds. The van der Waals surface area contributed by atoms with Crippen molar-refractivity contribution in [3.05, 3.63) is 58.4 Å². The molecule has 1 aromatic heterocycles. The Hall–Kier alpha value is -2.73. The lowest BCUT2D eigenvalue weighted by Crippen LogP contribution is -2.41. The Morgan fingerprint density at radius 1 is 1.05 bits per heavy atom. The van der Waals surface area contributed by atoms with Crippen molar-refractivity contribution in [1.82, 2.24) is 14.5 Å². The smallest absolute Gasteiger partial charge is 0.410 e. The number of piperidine rings is 1. The van der Waals surface area contributed by atoms with Crippen molar-refractivity contribution in [2.75, 3.05) is 13.1 Å². The minimum atomic E-state index is -0.443. The van der Waals surface area contributed by atoms with Crippen molar-refractivity contribution in [1.29, 1.82) is 0 Å². The first-order valence-electron chi connectivity index (χ1n) is 13.4. The topological polar surface area (TPSA) is 56.6 Å². The summed E-state index contributed by atoms with van der Waals surface area (Å²) in [6.45, 7) is 12.9. The lowest BCUT2D eigenvalue weighted by atomic mass is 9.92. The molecule has 6 nitrogen and oxygen atoms in total. The molecule has 200 valence electrons. The van der Waals surface area contributed by atoms with E-state index < -0.39 is 5.60 Å². The number of hydrogen-bond acceptors (Lipinski definition) is 4. The van der Waals surface area contributed by atoms with Gasteiger partial charge in [-0.2, -0.15) is 0 Å². The van der Waals surface area contributed by atoms with Crippen molar-refractivity contribution in [2.45, 2.75) is 85.5 Å². The Morgan fingerprint density at radius 2 is 1.73 bits per heavy atom. The fraction of sp³-hybridized carbons (Fsp3) is 0.533. The van der Waals surface area contributed by atoms with Gasteiger partial charge in [-0.3, -0.25) is 0 Å². The van der Waals surface area contributed by atoms with Gasteiger partial charge in [-0.15, -0.1) is 0 Å². The van der Waals surface area contributed by atoms with E-state index in [0.29, 0.717) is 17.5 Å². The van der Waals surface area contributed by atoms with Crippen LogP contribution in [0, 0.1) is 19.8 Å². The molecular formula is C30H40ClN3O3. The van der Waals surface area contributed by atoms with Gasteiger partial charge in [-0.25, -0.2) is 9.78 Å². The van der Waals surface area contributed by atoms with Gasteiger partial charge in [-0.1, -0.05) is 24.4 Å². The van der Waals surface area contributed by atoms with Gasteiger partial charge in [0.15, 0.2) is 0 Å². The Bertz CT molecular complexity index is 1210. The molecule has 0 atom stereocenters. The second-order valence-electron chi connectivity index (χ2n) is 11.3. The molecule has 1 saturated heterocycles. The third-order valence-electron chi connectivity index (χ3n) is 7.13. The maximum atomic E-state index is 12.3. The molecule has 2 aromatic carbocycles. The fourth-order valence-electron chi connectivity index (χ4n) is 4.90. The van der Waals surface area contributed by atoms with Crippen molar-refractivity contribution in [3.8, 4) is 5.75 Å². The molecular weight excluding hydrogens is 486 g/mol. The van der Waals surface area contributed by atoms with Gasteiger partial charge in [0.2, 0.25) is 0 Å². The fourth-order valence-corrected chi connectivity index (χ4v) is 5.03. The number of amides is 1. The number of aryl methyl sites for hydroxylation is 3. The summed E-state index contributed by atoms with van der Waals surface area (Å²) >= 11 is 6.01. The molecule has 0 radical (unpaired) electrons. The summed E-state index contributed by atoms with van der Waals surface area (Å²) < 4.78 is 13.9. The van der Waals surface area contributed by atoms with E-state index in [0.717, 1.165) is 62.4 Å². The molecule has 3 aromatic rings. The molecule has 0 aliphatic carbocycles. The number of carbonyl (C=O) groups excluding carboxylic acids is 1. The van der Waals surface area contributed by atoms with E-state index in [1.165, 1.54) is 23.1 Å². The molecule has 1 aliphatic heterocycles. The molecule has 0 N–H and O–H groups in total. The maximum absolute atomic E-state index is 12.3. The molecule has 0 spiro atoms. The summed E-state index contributed by atoms with van der Waals surface area (Å²) in [7, 11) is 0. The Balaban J connectivity index is 1.33. The highest BCUT2D eigenvalue weighted by molar-refractivity contribution is 6.30. The monoisotopic (exact) mass is 525 g/mol. The van der Waals surface area contributed by atoms with Crippen molar-refractivity contribution >= 4 is 28.7 Å². The summed E-state index contributed by atoms with van der Waals surface area (Å²) in [5.41, 5.74) is 4.27. The van der Waals surface area contributed by atoms with Crippen LogP contribution in [0.2, 0.25) is 5.02 Å². The predicted octanol–water partition coefficient (Wildman–Crippen LogP) is 7.70. The second kappa shape index (κ2) is 11.8. The first kappa shape index (κ1) is 27.3. The molecule has 7 heteroatoms. The number of halogens is 1. The van der Waals surface area contributed by atoms with E-state index in [1.54, 1.807) is 0 Å². The van der Waals surface area contributed by atoms with E-state index in [4.69, 9.17) is 26.1 Å². The van der Waals surface area contributed by atoms with E-state index in [1.807, 2.05) is 49.9 Å². The lowest BCUT2D eigenvalue weighted by molar-refractivity contribution is 0.0180. The number of imidazole rings is 1. The van der Waals surface area contributed by atoms with E-state index in [9.17, 15) is 4.79 Å². The third-order valence-corrected chi connectivity index (χ3v) is 7.39. The van der Waals surface area contributed by atoms with Crippen LogP contribution in [0.15, 0.2) is 36.4 Å². The molecule has 0 unspecified atom stereocenters. The van der Waals surface area contributed by atoms with E-state index in [-0.39, 0.29) is 6.09 Å². The minimum absolute atomic E-state index is 0.184. The highest BCUT2D eigenvalue weighted by Crippen LogP contribution is 2.26. The normalized spacial score (nSPS) is 14.8. The zero-order valence-corrected chi connectivity index (χ0v) is 23.6. The highest BCUT2D eigenvalue weighted by Gasteiger charge is 2.26. The van der Waals surface area contributed by atoms with Gasteiger partial charge in [0.25, 0.3) is 0 Å². The summed E-state index contributed by atoms with van der Waals surface area (Å²) in [6, 6.07) is 11.9. The predicted molar refractivity (Wildman–Crippen MR) is 149 cm³/mol. The zero-order valence-electron chi connectivity index (χ0n) is 22.8. The Morgan fingerprint density at radius 3 is 2.41 bits per heavy atom. The number of carbonyl (C=O) groups is 1. The Kier molecular flexibility index (Phi) is 8.68. The number of ether oxygens (including phenoxy) is 2. The molecule has 37 heavy (non-hydrogen) atoms. The summed E-state index contributed by atoms with van der Waals surface area (Å²) in [5.74, 6) is 2.39. The number of unbranched alkanes of at least 4 members (excludes halogenated alkanes) is 1. The SMILES string of the molecule is Cc1cc2nc(COc3ccc(Cl)cc3)n(CCCCC3CCN(C(=O)OC(C)(C)C)CC3)c2cc1C. The van der Waals surface area contributed by atoms with Crippen molar-refractivity contribution < 1.29 is 14.3 Å². The number of likely N-dealkylation sites (tertiary alicyclic amines) is 1. The van der Waals surface area contributed by atoms with Gasteiger partial charge in [0.05, 0.1) is 11.0 Å². The first-order chi connectivity index (χ1) is 17.6. The summed E-state index contributed by atoms with van der Waals surface area (Å²) in [5, 5.41) is 0.695. The van der Waals surface area contributed by atoms with Crippen molar-refractivity contribution in [3.63, 3.8) is 0 Å². The van der Waals surface area contributed by atoms with Crippen LogP contribution in [-0.4, -0.2) is 39.2 Å². The maximum Gasteiger partial charge on any atom is 0.410 e. The Labute approximate surface area is 225 Å². The number of aromatic nitrogens is 2. The van der Waals surface area contributed by atoms with Crippen LogP contribution in [0.25, 0.3) is 11.0 Å². The number of benzene rings is 2. The minimum Gasteiger partial charge on any atom is -0.486 e. The zero-order chi connectivity index (χ0) is 26.6. The molecule has 4 rings (SSSR count). The molecule has 0 saturated carbocycles. The highest BCUT2D eigenvalue weighted by atomic mass is 35.5. The van der Waals surface area contributed by atoms with Crippen LogP contribution in [0.4, 0.5) is 4.79 Å². The number of nitrogens with zero attached hydrogens (tertiary/aromatic N) is 3. The van der Waals surface area contributed by atoms with E-state index >= 15 is 0 Å².